The number of hydrogen-bond donors (Lipinski definition) is 0. The van der Waals surface area contributed by atoms with Gasteiger partial charge in [-0.2, -0.15) is 0 Å². The maximum atomic E-state index is 7.64. The third-order valence-corrected chi connectivity index (χ3v) is 4.55. The molecule has 0 saturated carbocycles. The first kappa shape index (κ1) is 20.3. The summed E-state index contributed by atoms with van der Waals surface area (Å²) in [7, 11) is 0. The second kappa shape index (κ2) is 13.7. The number of hydrogen-bond acceptors (Lipinski definition) is 1. The third kappa shape index (κ3) is 9.88. The zero-order chi connectivity index (χ0) is 16.8. The van der Waals surface area contributed by atoms with Gasteiger partial charge in [0.1, 0.15) is 11.9 Å². The molecule has 0 aliphatic rings. The Morgan fingerprint density at radius 3 is 2.04 bits per heavy atom. The van der Waals surface area contributed by atoms with Gasteiger partial charge >= 0.3 is 0 Å². The van der Waals surface area contributed by atoms with Crippen LogP contribution in [0.4, 0.5) is 0 Å². The lowest BCUT2D eigenvalue weighted by molar-refractivity contribution is 0.193. The van der Waals surface area contributed by atoms with Crippen LogP contribution >= 0.6 is 11.6 Å². The van der Waals surface area contributed by atoms with Gasteiger partial charge in [-0.1, -0.05) is 88.4 Å². The van der Waals surface area contributed by atoms with Crippen LogP contribution in [0, 0.1) is 0 Å². The van der Waals surface area contributed by atoms with Crippen LogP contribution < -0.4 is 10.5 Å². The molecular formula is C20H33ClNO. The smallest absolute Gasteiger partial charge is 0.138 e. The fourth-order valence-corrected chi connectivity index (χ4v) is 2.96. The molecular weight excluding hydrogens is 306 g/mol. The summed E-state index contributed by atoms with van der Waals surface area (Å²) in [6.07, 6.45) is 14.3. The standard InChI is InChI=1S/C20H33ClNO/c1-2-3-4-5-6-7-8-9-10-11-14-18(17-22)23-20-16-13-12-15-19(20)21/h12-13,15-16,18,22H,2-11,14,17H2,1H3. The van der Waals surface area contributed by atoms with E-state index < -0.39 is 0 Å². The lowest BCUT2D eigenvalue weighted by Crippen LogP contribution is -2.22. The SMILES string of the molecule is CCCCCCCCCCCCC(C[NH])Oc1ccccc1Cl. The van der Waals surface area contributed by atoms with Crippen molar-refractivity contribution in [3.05, 3.63) is 29.3 Å². The first-order valence-corrected chi connectivity index (χ1v) is 9.71. The predicted octanol–water partition coefficient (Wildman–Crippen LogP) is 6.68. The van der Waals surface area contributed by atoms with Crippen molar-refractivity contribution >= 4 is 11.6 Å². The van der Waals surface area contributed by atoms with Crippen molar-refractivity contribution in [1.29, 1.82) is 0 Å². The number of para-hydroxylation sites is 1. The van der Waals surface area contributed by atoms with E-state index in [9.17, 15) is 0 Å². The number of benzene rings is 1. The van der Waals surface area contributed by atoms with Crippen LogP contribution in [0.2, 0.25) is 5.02 Å². The predicted molar refractivity (Wildman–Crippen MR) is 100 cm³/mol. The van der Waals surface area contributed by atoms with Crippen LogP contribution in [0.15, 0.2) is 24.3 Å². The Hall–Kier alpha value is -0.730. The van der Waals surface area contributed by atoms with E-state index in [0.717, 1.165) is 12.8 Å². The van der Waals surface area contributed by atoms with Gasteiger partial charge in [-0.15, -0.1) is 0 Å². The molecule has 0 fully saturated rings. The Labute approximate surface area is 147 Å². The molecule has 1 rings (SSSR count). The van der Waals surface area contributed by atoms with E-state index in [4.69, 9.17) is 22.1 Å². The summed E-state index contributed by atoms with van der Waals surface area (Å²) in [6.45, 7) is 2.56. The third-order valence-electron chi connectivity index (χ3n) is 4.24. The highest BCUT2D eigenvalue weighted by molar-refractivity contribution is 6.32. The van der Waals surface area contributed by atoms with E-state index in [-0.39, 0.29) is 6.10 Å². The highest BCUT2D eigenvalue weighted by atomic mass is 35.5. The summed E-state index contributed by atoms with van der Waals surface area (Å²) < 4.78 is 5.86. The van der Waals surface area contributed by atoms with Crippen LogP contribution in [0.3, 0.4) is 0 Å². The molecule has 0 aromatic heterocycles. The molecule has 0 heterocycles. The molecule has 23 heavy (non-hydrogen) atoms. The van der Waals surface area contributed by atoms with Crippen molar-refractivity contribution < 1.29 is 4.74 Å². The van der Waals surface area contributed by atoms with Crippen molar-refractivity contribution in [2.45, 2.75) is 83.7 Å². The van der Waals surface area contributed by atoms with Crippen molar-refractivity contribution in [2.75, 3.05) is 6.54 Å². The zero-order valence-corrected chi connectivity index (χ0v) is 15.4. The van der Waals surface area contributed by atoms with Gasteiger partial charge in [0.2, 0.25) is 0 Å². The largest absolute Gasteiger partial charge is 0.487 e. The van der Waals surface area contributed by atoms with Crippen LogP contribution in [-0.2, 0) is 0 Å². The maximum absolute atomic E-state index is 7.64. The van der Waals surface area contributed by atoms with Crippen LogP contribution in [-0.4, -0.2) is 12.6 Å². The lowest BCUT2D eigenvalue weighted by atomic mass is 10.0. The van der Waals surface area contributed by atoms with Gasteiger partial charge in [0.25, 0.3) is 0 Å². The van der Waals surface area contributed by atoms with Crippen molar-refractivity contribution in [3.63, 3.8) is 0 Å². The minimum Gasteiger partial charge on any atom is -0.487 e. The highest BCUT2D eigenvalue weighted by Crippen LogP contribution is 2.25. The Kier molecular flexibility index (Phi) is 12.1. The van der Waals surface area contributed by atoms with Gasteiger partial charge in [0, 0.05) is 6.54 Å². The molecule has 0 aliphatic carbocycles. The minimum absolute atomic E-state index is 0.0380. The Morgan fingerprint density at radius 1 is 0.913 bits per heavy atom. The molecule has 0 bridgehead atoms. The fourth-order valence-electron chi connectivity index (χ4n) is 2.78. The van der Waals surface area contributed by atoms with Crippen molar-refractivity contribution in [1.82, 2.24) is 5.73 Å². The number of nitrogens with one attached hydrogen (secondary N) is 1. The van der Waals surface area contributed by atoms with Gasteiger partial charge in [-0.05, 0) is 25.0 Å². The Balaban J connectivity index is 2.04. The molecule has 1 N–H and O–H groups in total. The van der Waals surface area contributed by atoms with Gasteiger partial charge in [0.15, 0.2) is 0 Å². The number of rotatable bonds is 14. The van der Waals surface area contributed by atoms with Crippen LogP contribution in [0.5, 0.6) is 5.75 Å². The Bertz CT molecular complexity index is 397. The average Bonchev–Trinajstić information content (AvgIpc) is 2.57. The van der Waals surface area contributed by atoms with E-state index >= 15 is 0 Å². The summed E-state index contributed by atoms with van der Waals surface area (Å²) in [5.74, 6) is 0.707. The molecule has 0 spiro atoms. The molecule has 1 atom stereocenters. The number of unbranched alkanes of at least 4 members (excludes halogenated alkanes) is 9. The van der Waals surface area contributed by atoms with E-state index in [0.29, 0.717) is 17.3 Å². The van der Waals surface area contributed by atoms with Crippen molar-refractivity contribution in [2.24, 2.45) is 0 Å². The van der Waals surface area contributed by atoms with Crippen molar-refractivity contribution in [3.8, 4) is 5.75 Å². The lowest BCUT2D eigenvalue weighted by Gasteiger charge is -2.17. The maximum Gasteiger partial charge on any atom is 0.138 e. The monoisotopic (exact) mass is 338 g/mol. The van der Waals surface area contributed by atoms with Gasteiger partial charge in [0.05, 0.1) is 5.02 Å². The summed E-state index contributed by atoms with van der Waals surface area (Å²) in [6, 6.07) is 7.53. The molecule has 3 heteroatoms. The van der Waals surface area contributed by atoms with E-state index in [2.05, 4.69) is 6.92 Å². The molecule has 1 aromatic carbocycles. The topological polar surface area (TPSA) is 33.0 Å². The second-order valence-electron chi connectivity index (χ2n) is 6.35. The first-order valence-electron chi connectivity index (χ1n) is 9.33. The normalized spacial score (nSPS) is 12.3. The van der Waals surface area contributed by atoms with Gasteiger partial charge in [-0.25, -0.2) is 0 Å². The summed E-state index contributed by atoms with van der Waals surface area (Å²) in [4.78, 5) is 0. The Morgan fingerprint density at radius 2 is 1.48 bits per heavy atom. The minimum atomic E-state index is -0.0380. The summed E-state index contributed by atoms with van der Waals surface area (Å²) in [5.41, 5.74) is 7.64. The molecule has 1 aromatic rings. The average molecular weight is 339 g/mol. The molecule has 0 aliphatic heterocycles. The zero-order valence-electron chi connectivity index (χ0n) is 14.7. The van der Waals surface area contributed by atoms with E-state index in [1.54, 1.807) is 0 Å². The highest BCUT2D eigenvalue weighted by Gasteiger charge is 2.10. The molecule has 131 valence electrons. The first-order chi connectivity index (χ1) is 11.3. The number of ether oxygens (including phenoxy) is 1. The summed E-state index contributed by atoms with van der Waals surface area (Å²) in [5, 5.41) is 0.633. The molecule has 0 amide bonds. The van der Waals surface area contributed by atoms with Gasteiger partial charge in [-0.3, -0.25) is 5.73 Å². The second-order valence-corrected chi connectivity index (χ2v) is 6.75. The molecule has 0 saturated heterocycles. The van der Waals surface area contributed by atoms with E-state index in [1.807, 2.05) is 24.3 Å². The van der Waals surface area contributed by atoms with Crippen LogP contribution in [0.25, 0.3) is 0 Å². The molecule has 2 nitrogen and oxygen atoms in total. The number of halogens is 1. The summed E-state index contributed by atoms with van der Waals surface area (Å²) >= 11 is 6.10. The quantitative estimate of drug-likeness (QED) is 0.348. The molecule has 1 unspecified atom stereocenters. The molecule has 1 radical (unpaired) electrons. The fraction of sp³-hybridized carbons (Fsp3) is 0.700. The van der Waals surface area contributed by atoms with Crippen LogP contribution in [0.1, 0.15) is 77.6 Å². The van der Waals surface area contributed by atoms with Gasteiger partial charge < -0.3 is 4.74 Å². The van der Waals surface area contributed by atoms with E-state index in [1.165, 1.54) is 57.8 Å².